The zero-order valence-corrected chi connectivity index (χ0v) is 15.9. The van der Waals surface area contributed by atoms with Gasteiger partial charge in [0.15, 0.2) is 6.61 Å². The maximum atomic E-state index is 12.3. The number of aryl methyl sites for hydroxylation is 1. The van der Waals surface area contributed by atoms with E-state index in [0.29, 0.717) is 18.7 Å². The van der Waals surface area contributed by atoms with Crippen LogP contribution in [0.2, 0.25) is 0 Å². The summed E-state index contributed by atoms with van der Waals surface area (Å²) >= 11 is 1.61. The smallest absolute Gasteiger partial charge is 0.330 e. The Hall–Kier alpha value is -2.02. The number of nitrogens with zero attached hydrogens (tertiary/aromatic N) is 1. The van der Waals surface area contributed by atoms with E-state index in [-0.39, 0.29) is 23.3 Å². The van der Waals surface area contributed by atoms with Crippen molar-refractivity contribution >= 4 is 29.5 Å². The first-order valence-electron chi connectivity index (χ1n) is 8.85. The first-order chi connectivity index (χ1) is 12.4. The van der Waals surface area contributed by atoms with Crippen molar-refractivity contribution in [2.45, 2.75) is 44.0 Å². The lowest BCUT2D eigenvalue weighted by Gasteiger charge is -2.29. The minimum atomic E-state index is -0.584. The number of thioether (sulfide) groups is 1. The van der Waals surface area contributed by atoms with Gasteiger partial charge in [0.2, 0.25) is 5.91 Å². The van der Waals surface area contributed by atoms with Crippen LogP contribution in [0.25, 0.3) is 0 Å². The van der Waals surface area contributed by atoms with Gasteiger partial charge in [-0.05, 0) is 37.8 Å². The number of hydrogen-bond acceptors (Lipinski definition) is 5. The minimum absolute atomic E-state index is 0.0119. The summed E-state index contributed by atoms with van der Waals surface area (Å²) in [7, 11) is 0. The molecule has 0 aromatic heterocycles. The van der Waals surface area contributed by atoms with Gasteiger partial charge in [0, 0.05) is 18.7 Å². The van der Waals surface area contributed by atoms with Crippen molar-refractivity contribution in [2.75, 3.05) is 18.9 Å². The maximum absolute atomic E-state index is 12.3. The number of rotatable bonds is 6. The Kier molecular flexibility index (Phi) is 5.55. The van der Waals surface area contributed by atoms with Crippen LogP contribution in [0.1, 0.15) is 30.9 Å². The Morgan fingerprint density at radius 2 is 2.15 bits per heavy atom. The van der Waals surface area contributed by atoms with Crippen molar-refractivity contribution in [3.05, 3.63) is 35.4 Å². The molecule has 2 saturated heterocycles. The molecule has 1 aromatic carbocycles. The predicted octanol–water partition coefficient (Wildman–Crippen LogP) is 1.65. The maximum Gasteiger partial charge on any atom is 0.330 e. The SMILES string of the molecule is Cc1ccccc1CCNC(=O)COC(=O)[C@H]1CS[C@]2(C)CCC(=O)N12. The molecule has 7 heteroatoms. The molecule has 2 aliphatic heterocycles. The summed E-state index contributed by atoms with van der Waals surface area (Å²) < 4.78 is 5.16. The molecule has 2 fully saturated rings. The van der Waals surface area contributed by atoms with E-state index in [1.165, 1.54) is 11.1 Å². The first-order valence-corrected chi connectivity index (χ1v) is 9.83. The number of ether oxygens (including phenoxy) is 1. The standard InChI is InChI=1S/C19H24N2O4S/c1-13-5-3-4-6-14(13)8-10-20-16(22)11-25-18(24)15-12-26-19(2)9-7-17(23)21(15)19/h3-6,15H,7-12H2,1-2H3,(H,20,22)/t15-,19-/m1/s1. The highest BCUT2D eigenvalue weighted by Crippen LogP contribution is 2.47. The van der Waals surface area contributed by atoms with Gasteiger partial charge in [0.25, 0.3) is 5.91 Å². The summed E-state index contributed by atoms with van der Waals surface area (Å²) in [6, 6.07) is 7.43. The van der Waals surface area contributed by atoms with E-state index in [1.54, 1.807) is 16.7 Å². The quantitative estimate of drug-likeness (QED) is 0.764. The topological polar surface area (TPSA) is 75.7 Å². The van der Waals surface area contributed by atoms with Crippen molar-refractivity contribution in [3.63, 3.8) is 0 Å². The number of carbonyl (C=O) groups excluding carboxylic acids is 3. The lowest BCUT2D eigenvalue weighted by molar-refractivity contribution is -0.156. The average molecular weight is 376 g/mol. The van der Waals surface area contributed by atoms with Crippen molar-refractivity contribution < 1.29 is 19.1 Å². The molecule has 26 heavy (non-hydrogen) atoms. The molecule has 2 atom stereocenters. The van der Waals surface area contributed by atoms with E-state index in [0.717, 1.165) is 12.8 Å². The summed E-state index contributed by atoms with van der Waals surface area (Å²) in [5.41, 5.74) is 2.37. The van der Waals surface area contributed by atoms with Crippen molar-refractivity contribution in [1.82, 2.24) is 10.2 Å². The highest BCUT2D eigenvalue weighted by atomic mass is 32.2. The Morgan fingerprint density at radius 3 is 2.92 bits per heavy atom. The summed E-state index contributed by atoms with van der Waals surface area (Å²) in [5.74, 6) is -0.309. The zero-order valence-electron chi connectivity index (χ0n) is 15.1. The van der Waals surface area contributed by atoms with Crippen LogP contribution in [0.5, 0.6) is 0 Å². The van der Waals surface area contributed by atoms with Crippen molar-refractivity contribution in [3.8, 4) is 0 Å². The van der Waals surface area contributed by atoms with Gasteiger partial charge < -0.3 is 15.0 Å². The fourth-order valence-corrected chi connectivity index (χ4v) is 4.92. The molecule has 0 radical (unpaired) electrons. The molecule has 2 heterocycles. The van der Waals surface area contributed by atoms with Gasteiger partial charge >= 0.3 is 5.97 Å². The van der Waals surface area contributed by atoms with Crippen LogP contribution in [0, 0.1) is 6.92 Å². The van der Waals surface area contributed by atoms with E-state index < -0.39 is 12.0 Å². The number of esters is 1. The molecule has 140 valence electrons. The molecular formula is C19H24N2O4S. The number of nitrogens with one attached hydrogen (secondary N) is 1. The lowest BCUT2D eigenvalue weighted by atomic mass is 10.1. The van der Waals surface area contributed by atoms with Gasteiger partial charge in [-0.3, -0.25) is 9.59 Å². The molecular weight excluding hydrogens is 352 g/mol. The van der Waals surface area contributed by atoms with Crippen molar-refractivity contribution in [2.24, 2.45) is 0 Å². The fraction of sp³-hybridized carbons (Fsp3) is 0.526. The van der Waals surface area contributed by atoms with E-state index in [2.05, 4.69) is 5.32 Å². The lowest BCUT2D eigenvalue weighted by Crippen LogP contribution is -2.47. The zero-order chi connectivity index (χ0) is 18.7. The third kappa shape index (κ3) is 3.87. The molecule has 2 aliphatic rings. The molecule has 0 aliphatic carbocycles. The Labute approximate surface area is 157 Å². The number of fused-ring (bicyclic) bond motifs is 1. The highest BCUT2D eigenvalue weighted by molar-refractivity contribution is 8.01. The van der Waals surface area contributed by atoms with Gasteiger partial charge in [-0.25, -0.2) is 4.79 Å². The van der Waals surface area contributed by atoms with E-state index in [9.17, 15) is 14.4 Å². The largest absolute Gasteiger partial charge is 0.454 e. The highest BCUT2D eigenvalue weighted by Gasteiger charge is 2.53. The summed E-state index contributed by atoms with van der Waals surface area (Å²) in [6.45, 7) is 4.19. The number of carbonyl (C=O) groups is 3. The second-order valence-electron chi connectivity index (χ2n) is 6.90. The molecule has 6 nitrogen and oxygen atoms in total. The third-order valence-electron chi connectivity index (χ3n) is 5.04. The Morgan fingerprint density at radius 1 is 1.38 bits per heavy atom. The van der Waals surface area contributed by atoms with Gasteiger partial charge in [-0.15, -0.1) is 11.8 Å². The molecule has 1 N–H and O–H groups in total. The Bertz CT molecular complexity index is 723. The van der Waals surface area contributed by atoms with Crippen molar-refractivity contribution in [1.29, 1.82) is 0 Å². The van der Waals surface area contributed by atoms with Crippen LogP contribution in [0.4, 0.5) is 0 Å². The second-order valence-corrected chi connectivity index (χ2v) is 8.40. The van der Waals surface area contributed by atoms with Crippen LogP contribution < -0.4 is 5.32 Å². The minimum Gasteiger partial charge on any atom is -0.454 e. The summed E-state index contributed by atoms with van der Waals surface area (Å²) in [4.78, 5) is 37.6. The van der Waals surface area contributed by atoms with E-state index in [1.807, 2.05) is 38.1 Å². The molecule has 0 saturated carbocycles. The summed E-state index contributed by atoms with van der Waals surface area (Å²) in [5, 5.41) is 2.76. The normalized spacial score (nSPS) is 24.5. The van der Waals surface area contributed by atoms with E-state index >= 15 is 0 Å². The Balaban J connectivity index is 1.42. The molecule has 3 rings (SSSR count). The fourth-order valence-electron chi connectivity index (χ4n) is 3.51. The second kappa shape index (κ2) is 7.70. The van der Waals surface area contributed by atoms with Gasteiger partial charge in [-0.2, -0.15) is 0 Å². The number of benzene rings is 1. The number of hydrogen-bond donors (Lipinski definition) is 1. The third-order valence-corrected chi connectivity index (χ3v) is 6.55. The van der Waals surface area contributed by atoms with Gasteiger partial charge in [-0.1, -0.05) is 24.3 Å². The molecule has 0 unspecified atom stereocenters. The molecule has 2 amide bonds. The first kappa shape index (κ1) is 18.8. The van der Waals surface area contributed by atoms with E-state index in [4.69, 9.17) is 4.74 Å². The number of amides is 2. The van der Waals surface area contributed by atoms with Crippen LogP contribution in [0.3, 0.4) is 0 Å². The van der Waals surface area contributed by atoms with Crippen LogP contribution in [-0.2, 0) is 25.5 Å². The van der Waals surface area contributed by atoms with Gasteiger partial charge in [0.1, 0.15) is 6.04 Å². The molecule has 1 aromatic rings. The van der Waals surface area contributed by atoms with Crippen LogP contribution in [0.15, 0.2) is 24.3 Å². The molecule has 0 spiro atoms. The monoisotopic (exact) mass is 376 g/mol. The summed E-state index contributed by atoms with van der Waals surface area (Å²) in [6.07, 6.45) is 1.94. The predicted molar refractivity (Wildman–Crippen MR) is 99.6 cm³/mol. The van der Waals surface area contributed by atoms with Crippen LogP contribution >= 0.6 is 11.8 Å². The van der Waals surface area contributed by atoms with Crippen LogP contribution in [-0.4, -0.2) is 52.5 Å². The molecule has 0 bridgehead atoms. The average Bonchev–Trinajstić information content (AvgIpc) is 3.11. The van der Waals surface area contributed by atoms with Gasteiger partial charge in [0.05, 0.1) is 4.87 Å².